The molecule has 0 bridgehead atoms. The van der Waals surface area contributed by atoms with E-state index in [-0.39, 0.29) is 0 Å². The summed E-state index contributed by atoms with van der Waals surface area (Å²) in [6, 6.07) is 0. The number of carbonyl (C=O) groups is 1. The van der Waals surface area contributed by atoms with E-state index < -0.39 is 0 Å². The summed E-state index contributed by atoms with van der Waals surface area (Å²) in [5.74, 6) is 0.645. The molecule has 0 aliphatic carbocycles. The number of Topliss-reactive ketones (excluding diaryl/α,β-unsaturated/α-hetero) is 1. The third kappa shape index (κ3) is 2.70. The Kier molecular flexibility index (Phi) is 3.39. The van der Waals surface area contributed by atoms with Crippen LogP contribution < -0.4 is 0 Å². The van der Waals surface area contributed by atoms with Gasteiger partial charge in [0.05, 0.1) is 6.20 Å². The maximum Gasteiger partial charge on any atom is 0.133 e. The molecule has 1 fully saturated rings. The first-order chi connectivity index (χ1) is 7.65. The summed E-state index contributed by atoms with van der Waals surface area (Å²) in [7, 11) is 1.94. The fourth-order valence-corrected chi connectivity index (χ4v) is 2.31. The number of ketones is 1. The number of carbonyl (C=O) groups excluding carboxylic acids is 1. The molecule has 2 heterocycles. The summed E-state index contributed by atoms with van der Waals surface area (Å²) in [4.78, 5) is 13.6. The number of piperidine rings is 1. The van der Waals surface area contributed by atoms with Crippen molar-refractivity contribution in [3.63, 3.8) is 0 Å². The van der Waals surface area contributed by atoms with E-state index in [4.69, 9.17) is 0 Å². The smallest absolute Gasteiger partial charge is 0.133 e. The van der Waals surface area contributed by atoms with Crippen molar-refractivity contribution in [1.29, 1.82) is 0 Å². The maximum atomic E-state index is 11.2. The van der Waals surface area contributed by atoms with E-state index in [1.165, 1.54) is 5.56 Å². The molecule has 0 saturated carbocycles. The second-order valence-corrected chi connectivity index (χ2v) is 4.68. The largest absolute Gasteiger partial charge is 0.300 e. The van der Waals surface area contributed by atoms with Crippen LogP contribution in [0.1, 0.15) is 25.3 Å². The Labute approximate surface area is 96.2 Å². The average Bonchev–Trinajstić information content (AvgIpc) is 2.65. The first-order valence-electron chi connectivity index (χ1n) is 5.85. The van der Waals surface area contributed by atoms with E-state index in [1.54, 1.807) is 6.92 Å². The molecular formula is C12H19N3O. The van der Waals surface area contributed by atoms with Crippen LogP contribution in [0.15, 0.2) is 12.4 Å². The Morgan fingerprint density at radius 3 is 2.69 bits per heavy atom. The van der Waals surface area contributed by atoms with Gasteiger partial charge in [0.2, 0.25) is 0 Å². The first kappa shape index (κ1) is 11.3. The zero-order chi connectivity index (χ0) is 11.5. The van der Waals surface area contributed by atoms with E-state index in [0.29, 0.717) is 11.7 Å². The molecule has 1 aromatic heterocycles. The highest BCUT2D eigenvalue weighted by atomic mass is 16.1. The van der Waals surface area contributed by atoms with Crippen LogP contribution in [0.4, 0.5) is 0 Å². The highest BCUT2D eigenvalue weighted by Crippen LogP contribution is 2.19. The van der Waals surface area contributed by atoms with E-state index in [9.17, 15) is 4.79 Å². The normalized spacial score (nSPS) is 18.9. The van der Waals surface area contributed by atoms with Gasteiger partial charge in [-0.2, -0.15) is 5.10 Å². The van der Waals surface area contributed by atoms with E-state index >= 15 is 0 Å². The number of likely N-dealkylation sites (tertiary alicyclic amines) is 1. The minimum Gasteiger partial charge on any atom is -0.300 e. The van der Waals surface area contributed by atoms with Gasteiger partial charge in [0, 0.05) is 31.3 Å². The summed E-state index contributed by atoms with van der Waals surface area (Å²) < 4.78 is 1.83. The van der Waals surface area contributed by atoms with Crippen molar-refractivity contribution in [1.82, 2.24) is 14.7 Å². The summed E-state index contributed by atoms with van der Waals surface area (Å²) >= 11 is 0. The van der Waals surface area contributed by atoms with Crippen LogP contribution in [-0.4, -0.2) is 33.6 Å². The minimum absolute atomic E-state index is 0.296. The lowest BCUT2D eigenvalue weighted by atomic mass is 9.93. The molecule has 0 amide bonds. The Bertz CT molecular complexity index is 364. The quantitative estimate of drug-likeness (QED) is 0.770. The second-order valence-electron chi connectivity index (χ2n) is 4.68. The standard InChI is InChI=1S/C12H19N3O/c1-10(16)12-3-5-15(6-4-12)9-11-7-13-14(2)8-11/h7-8,12H,3-6,9H2,1-2H3. The van der Waals surface area contributed by atoms with Crippen LogP contribution in [0, 0.1) is 5.92 Å². The minimum atomic E-state index is 0.296. The molecule has 0 spiro atoms. The monoisotopic (exact) mass is 221 g/mol. The van der Waals surface area contributed by atoms with Crippen molar-refractivity contribution in [2.75, 3.05) is 13.1 Å². The van der Waals surface area contributed by atoms with Gasteiger partial charge in [0.1, 0.15) is 5.78 Å². The third-order valence-corrected chi connectivity index (χ3v) is 3.33. The van der Waals surface area contributed by atoms with Gasteiger partial charge in [-0.15, -0.1) is 0 Å². The molecule has 0 N–H and O–H groups in total. The Morgan fingerprint density at radius 1 is 1.50 bits per heavy atom. The molecule has 1 saturated heterocycles. The van der Waals surface area contributed by atoms with Gasteiger partial charge in [-0.1, -0.05) is 0 Å². The van der Waals surface area contributed by atoms with Crippen molar-refractivity contribution in [3.8, 4) is 0 Å². The van der Waals surface area contributed by atoms with Gasteiger partial charge in [-0.25, -0.2) is 0 Å². The molecule has 4 heteroatoms. The summed E-state index contributed by atoms with van der Waals surface area (Å²) in [5.41, 5.74) is 1.25. The fraction of sp³-hybridized carbons (Fsp3) is 0.667. The van der Waals surface area contributed by atoms with Gasteiger partial charge in [-0.3, -0.25) is 14.4 Å². The highest BCUT2D eigenvalue weighted by molar-refractivity contribution is 5.78. The van der Waals surface area contributed by atoms with Crippen LogP contribution in [0.25, 0.3) is 0 Å². The third-order valence-electron chi connectivity index (χ3n) is 3.33. The van der Waals surface area contributed by atoms with Crippen LogP contribution in [-0.2, 0) is 18.4 Å². The molecule has 2 rings (SSSR count). The molecule has 0 radical (unpaired) electrons. The van der Waals surface area contributed by atoms with Gasteiger partial charge in [0.15, 0.2) is 0 Å². The topological polar surface area (TPSA) is 38.1 Å². The zero-order valence-electron chi connectivity index (χ0n) is 10.0. The lowest BCUT2D eigenvalue weighted by molar-refractivity contribution is -0.122. The molecule has 0 aromatic carbocycles. The van der Waals surface area contributed by atoms with Gasteiger partial charge < -0.3 is 0 Å². The number of nitrogens with zero attached hydrogens (tertiary/aromatic N) is 3. The molecule has 88 valence electrons. The number of aryl methyl sites for hydroxylation is 1. The molecule has 0 unspecified atom stereocenters. The van der Waals surface area contributed by atoms with Crippen LogP contribution in [0.2, 0.25) is 0 Å². The summed E-state index contributed by atoms with van der Waals surface area (Å²) in [5, 5.41) is 4.16. The van der Waals surface area contributed by atoms with Crippen LogP contribution >= 0.6 is 0 Å². The number of aromatic nitrogens is 2. The van der Waals surface area contributed by atoms with E-state index in [1.807, 2.05) is 17.9 Å². The van der Waals surface area contributed by atoms with Gasteiger partial charge >= 0.3 is 0 Å². The Hall–Kier alpha value is -1.16. The molecule has 4 nitrogen and oxygen atoms in total. The second kappa shape index (κ2) is 4.78. The summed E-state index contributed by atoms with van der Waals surface area (Å²) in [6.45, 7) is 4.72. The lowest BCUT2D eigenvalue weighted by Crippen LogP contribution is -2.35. The predicted octanol–water partition coefficient (Wildman–Crippen LogP) is 1.22. The van der Waals surface area contributed by atoms with Crippen LogP contribution in [0.5, 0.6) is 0 Å². The van der Waals surface area contributed by atoms with Gasteiger partial charge in [-0.05, 0) is 32.9 Å². The van der Waals surface area contributed by atoms with E-state index in [0.717, 1.165) is 32.5 Å². The zero-order valence-corrected chi connectivity index (χ0v) is 10.0. The van der Waals surface area contributed by atoms with Crippen LogP contribution in [0.3, 0.4) is 0 Å². The van der Waals surface area contributed by atoms with Crippen molar-refractivity contribution in [2.24, 2.45) is 13.0 Å². The summed E-state index contributed by atoms with van der Waals surface area (Å²) in [6.07, 6.45) is 5.99. The first-order valence-corrected chi connectivity index (χ1v) is 5.85. The lowest BCUT2D eigenvalue weighted by Gasteiger charge is -2.30. The van der Waals surface area contributed by atoms with Crippen molar-refractivity contribution in [2.45, 2.75) is 26.3 Å². The van der Waals surface area contributed by atoms with Gasteiger partial charge in [0.25, 0.3) is 0 Å². The average molecular weight is 221 g/mol. The highest BCUT2D eigenvalue weighted by Gasteiger charge is 2.22. The number of hydrogen-bond donors (Lipinski definition) is 0. The Balaban J connectivity index is 1.83. The van der Waals surface area contributed by atoms with Crippen molar-refractivity contribution in [3.05, 3.63) is 18.0 Å². The molecule has 1 aliphatic rings. The maximum absolute atomic E-state index is 11.2. The van der Waals surface area contributed by atoms with E-state index in [2.05, 4.69) is 16.2 Å². The molecular weight excluding hydrogens is 202 g/mol. The van der Waals surface area contributed by atoms with Crippen molar-refractivity contribution < 1.29 is 4.79 Å². The number of rotatable bonds is 3. The fourth-order valence-electron chi connectivity index (χ4n) is 2.31. The van der Waals surface area contributed by atoms with Crippen molar-refractivity contribution >= 4 is 5.78 Å². The molecule has 16 heavy (non-hydrogen) atoms. The molecule has 0 atom stereocenters. The number of hydrogen-bond acceptors (Lipinski definition) is 3. The predicted molar refractivity (Wildman–Crippen MR) is 61.9 cm³/mol. The molecule has 1 aromatic rings. The SMILES string of the molecule is CC(=O)C1CCN(Cc2cnn(C)c2)CC1. The molecule has 1 aliphatic heterocycles. The Morgan fingerprint density at radius 2 is 2.19 bits per heavy atom.